The first kappa shape index (κ1) is 16.5. The van der Waals surface area contributed by atoms with E-state index in [4.69, 9.17) is 5.73 Å². The van der Waals surface area contributed by atoms with Crippen molar-refractivity contribution < 1.29 is 9.59 Å². The molecule has 1 atom stereocenters. The summed E-state index contributed by atoms with van der Waals surface area (Å²) in [6, 6.07) is 7.91. The molecule has 0 bridgehead atoms. The van der Waals surface area contributed by atoms with Gasteiger partial charge in [-0.15, -0.1) is 10.2 Å². The minimum absolute atomic E-state index is 0.0176. The highest BCUT2D eigenvalue weighted by Gasteiger charge is 2.34. The van der Waals surface area contributed by atoms with Gasteiger partial charge < -0.3 is 10.6 Å². The Morgan fingerprint density at radius 3 is 2.67 bits per heavy atom. The highest BCUT2D eigenvalue weighted by Crippen LogP contribution is 2.32. The third-order valence-corrected chi connectivity index (χ3v) is 5.20. The van der Waals surface area contributed by atoms with Gasteiger partial charge in [0.05, 0.1) is 5.25 Å². The highest BCUT2D eigenvalue weighted by molar-refractivity contribution is 8.00. The smallest absolute Gasteiger partial charge is 0.240 e. The number of benzene rings is 1. The number of hydrogen-bond acceptors (Lipinski definition) is 5. The fraction of sp³-hybridized carbons (Fsp3) is 0.375. The molecule has 2 amide bonds. The molecule has 8 heteroatoms. The molecular weight excluding hydrogens is 326 g/mol. The van der Waals surface area contributed by atoms with Crippen LogP contribution in [0, 0.1) is 13.8 Å². The van der Waals surface area contributed by atoms with E-state index in [2.05, 4.69) is 10.2 Å². The fourth-order valence-electron chi connectivity index (χ4n) is 2.66. The maximum atomic E-state index is 12.7. The van der Waals surface area contributed by atoms with Crippen LogP contribution in [-0.2, 0) is 16.1 Å². The van der Waals surface area contributed by atoms with Crippen LogP contribution in [0.3, 0.4) is 0 Å². The molecule has 2 N–H and O–H groups in total. The van der Waals surface area contributed by atoms with Crippen LogP contribution in [0.25, 0.3) is 0 Å². The SMILES string of the molecule is Cc1ccc(N2CC[C@H](Sc3nnc(C)n3CC(N)=O)C2=O)cc1. The van der Waals surface area contributed by atoms with E-state index in [1.165, 1.54) is 11.8 Å². The first-order chi connectivity index (χ1) is 11.5. The number of aromatic nitrogens is 3. The highest BCUT2D eigenvalue weighted by atomic mass is 32.2. The number of aryl methyl sites for hydroxylation is 2. The number of amides is 2. The molecular formula is C16H19N5O2S. The first-order valence-electron chi connectivity index (χ1n) is 7.68. The maximum absolute atomic E-state index is 12.7. The minimum atomic E-state index is -0.459. The summed E-state index contributed by atoms with van der Waals surface area (Å²) in [4.78, 5) is 25.7. The van der Waals surface area contributed by atoms with Crippen LogP contribution in [0.15, 0.2) is 29.4 Å². The Balaban J connectivity index is 1.75. The van der Waals surface area contributed by atoms with Crippen molar-refractivity contribution in [3.63, 3.8) is 0 Å². The lowest BCUT2D eigenvalue weighted by Crippen LogP contribution is -2.28. The molecule has 1 aromatic heterocycles. The summed E-state index contributed by atoms with van der Waals surface area (Å²) in [5, 5.41) is 8.37. The lowest BCUT2D eigenvalue weighted by atomic mass is 10.2. The molecule has 1 aliphatic heterocycles. The lowest BCUT2D eigenvalue weighted by Gasteiger charge is -2.17. The number of hydrogen-bond donors (Lipinski definition) is 1. The van der Waals surface area contributed by atoms with Crippen molar-refractivity contribution in [2.24, 2.45) is 5.73 Å². The normalized spacial score (nSPS) is 17.5. The van der Waals surface area contributed by atoms with Crippen LogP contribution in [0.2, 0.25) is 0 Å². The molecule has 0 saturated carbocycles. The topological polar surface area (TPSA) is 94.1 Å². The predicted molar refractivity (Wildman–Crippen MR) is 91.7 cm³/mol. The molecule has 0 aliphatic carbocycles. The number of carbonyl (C=O) groups excluding carboxylic acids is 2. The fourth-order valence-corrected chi connectivity index (χ4v) is 3.78. The number of thioether (sulfide) groups is 1. The Hall–Kier alpha value is -2.35. The van der Waals surface area contributed by atoms with E-state index in [1.807, 2.05) is 31.2 Å². The van der Waals surface area contributed by atoms with E-state index in [-0.39, 0.29) is 17.7 Å². The largest absolute Gasteiger partial charge is 0.368 e. The molecule has 24 heavy (non-hydrogen) atoms. The molecule has 0 radical (unpaired) electrons. The number of nitrogens with two attached hydrogens (primary N) is 1. The van der Waals surface area contributed by atoms with E-state index in [0.717, 1.165) is 17.7 Å². The maximum Gasteiger partial charge on any atom is 0.240 e. The molecule has 0 unspecified atom stereocenters. The van der Waals surface area contributed by atoms with Gasteiger partial charge in [0.15, 0.2) is 5.16 Å². The second kappa shape index (κ2) is 6.64. The molecule has 1 aromatic carbocycles. The molecule has 1 fully saturated rings. The summed E-state index contributed by atoms with van der Waals surface area (Å²) in [5.74, 6) is 0.200. The number of carbonyl (C=O) groups is 2. The van der Waals surface area contributed by atoms with E-state index in [0.29, 0.717) is 17.5 Å². The Kier molecular flexibility index (Phi) is 4.57. The summed E-state index contributed by atoms with van der Waals surface area (Å²) in [7, 11) is 0. The summed E-state index contributed by atoms with van der Waals surface area (Å²) in [6.07, 6.45) is 0.722. The van der Waals surface area contributed by atoms with Crippen molar-refractivity contribution >= 4 is 29.3 Å². The Labute approximate surface area is 144 Å². The molecule has 2 aromatic rings. The zero-order valence-electron chi connectivity index (χ0n) is 13.6. The average Bonchev–Trinajstić information content (AvgIpc) is 3.06. The van der Waals surface area contributed by atoms with Crippen molar-refractivity contribution in [2.45, 2.75) is 37.2 Å². The van der Waals surface area contributed by atoms with Gasteiger partial charge >= 0.3 is 0 Å². The number of primary amides is 1. The van der Waals surface area contributed by atoms with Crippen LogP contribution >= 0.6 is 11.8 Å². The van der Waals surface area contributed by atoms with Crippen LogP contribution in [0.4, 0.5) is 5.69 Å². The molecule has 0 spiro atoms. The van der Waals surface area contributed by atoms with Gasteiger partial charge in [-0.05, 0) is 32.4 Å². The van der Waals surface area contributed by atoms with E-state index in [9.17, 15) is 9.59 Å². The van der Waals surface area contributed by atoms with Crippen molar-refractivity contribution in [3.05, 3.63) is 35.7 Å². The Morgan fingerprint density at radius 1 is 1.29 bits per heavy atom. The summed E-state index contributed by atoms with van der Waals surface area (Å²) in [5.41, 5.74) is 7.33. The lowest BCUT2D eigenvalue weighted by molar-refractivity contribution is -0.118. The number of nitrogens with zero attached hydrogens (tertiary/aromatic N) is 4. The average molecular weight is 345 g/mol. The third-order valence-electron chi connectivity index (χ3n) is 3.97. The summed E-state index contributed by atoms with van der Waals surface area (Å²) < 4.78 is 1.65. The van der Waals surface area contributed by atoms with Crippen LogP contribution < -0.4 is 10.6 Å². The van der Waals surface area contributed by atoms with Gasteiger partial charge in [-0.2, -0.15) is 0 Å². The standard InChI is InChI=1S/C16H19N5O2S/c1-10-3-5-12(6-4-10)20-8-7-13(15(20)23)24-16-19-18-11(2)21(16)9-14(17)22/h3-6,13H,7-9H2,1-2H3,(H2,17,22)/t13-/m0/s1. The zero-order valence-corrected chi connectivity index (χ0v) is 14.4. The minimum Gasteiger partial charge on any atom is -0.368 e. The second-order valence-corrected chi connectivity index (χ2v) is 6.97. The van der Waals surface area contributed by atoms with Crippen molar-refractivity contribution in [2.75, 3.05) is 11.4 Å². The molecule has 126 valence electrons. The van der Waals surface area contributed by atoms with Crippen LogP contribution in [0.5, 0.6) is 0 Å². The van der Waals surface area contributed by atoms with Gasteiger partial charge in [0.25, 0.3) is 0 Å². The number of anilines is 1. The van der Waals surface area contributed by atoms with Gasteiger partial charge in [0.1, 0.15) is 12.4 Å². The quantitative estimate of drug-likeness (QED) is 0.881. The predicted octanol–water partition coefficient (Wildman–Crippen LogP) is 1.28. The monoisotopic (exact) mass is 345 g/mol. The van der Waals surface area contributed by atoms with Gasteiger partial charge in [-0.3, -0.25) is 14.2 Å². The van der Waals surface area contributed by atoms with Gasteiger partial charge in [-0.1, -0.05) is 29.5 Å². The Morgan fingerprint density at radius 2 is 2.00 bits per heavy atom. The summed E-state index contributed by atoms with van der Waals surface area (Å²) in [6.45, 7) is 4.46. The molecule has 3 rings (SSSR count). The molecule has 1 saturated heterocycles. The molecule has 1 aliphatic rings. The second-order valence-electron chi connectivity index (χ2n) is 5.80. The van der Waals surface area contributed by atoms with Crippen LogP contribution in [-0.4, -0.2) is 38.4 Å². The molecule has 7 nitrogen and oxygen atoms in total. The molecule has 2 heterocycles. The van der Waals surface area contributed by atoms with Crippen LogP contribution in [0.1, 0.15) is 17.8 Å². The summed E-state index contributed by atoms with van der Waals surface area (Å²) >= 11 is 1.34. The van der Waals surface area contributed by atoms with E-state index < -0.39 is 5.91 Å². The first-order valence-corrected chi connectivity index (χ1v) is 8.56. The van der Waals surface area contributed by atoms with Gasteiger partial charge in [0.2, 0.25) is 11.8 Å². The van der Waals surface area contributed by atoms with Gasteiger partial charge in [-0.25, -0.2) is 0 Å². The van der Waals surface area contributed by atoms with Crippen molar-refractivity contribution in [1.29, 1.82) is 0 Å². The van der Waals surface area contributed by atoms with E-state index in [1.54, 1.807) is 16.4 Å². The zero-order chi connectivity index (χ0) is 17.3. The van der Waals surface area contributed by atoms with E-state index >= 15 is 0 Å². The Bertz CT molecular complexity index is 771. The van der Waals surface area contributed by atoms with Gasteiger partial charge in [0, 0.05) is 12.2 Å². The number of rotatable bonds is 5. The van der Waals surface area contributed by atoms with Crippen molar-refractivity contribution in [1.82, 2.24) is 14.8 Å². The third kappa shape index (κ3) is 3.28. The van der Waals surface area contributed by atoms with Crippen molar-refractivity contribution in [3.8, 4) is 0 Å².